The number of carbonyl (C=O) groups excluding carboxylic acids is 1. The molecule has 1 aromatic heterocycles. The van der Waals surface area contributed by atoms with E-state index in [1.54, 1.807) is 6.26 Å². The number of nitrogens with one attached hydrogen (secondary N) is 1. The number of halogens is 1. The number of carbonyl (C=O) groups is 2. The lowest BCUT2D eigenvalue weighted by atomic mass is 10.1. The summed E-state index contributed by atoms with van der Waals surface area (Å²) < 4.78 is 19.1. The maximum absolute atomic E-state index is 13.8. The van der Waals surface area contributed by atoms with E-state index in [2.05, 4.69) is 5.32 Å². The molecule has 1 aliphatic carbocycles. The fraction of sp³-hybridized carbons (Fsp3) is 0.250. The average molecular weight is 303 g/mol. The van der Waals surface area contributed by atoms with Gasteiger partial charge in [0, 0.05) is 17.7 Å². The van der Waals surface area contributed by atoms with E-state index in [-0.39, 0.29) is 29.3 Å². The molecule has 114 valence electrons. The zero-order chi connectivity index (χ0) is 15.7. The number of aryl methyl sites for hydroxylation is 1. The number of furan rings is 1. The summed E-state index contributed by atoms with van der Waals surface area (Å²) in [5.41, 5.74) is 2.08. The van der Waals surface area contributed by atoms with E-state index in [1.807, 2.05) is 0 Å². The summed E-state index contributed by atoms with van der Waals surface area (Å²) in [7, 11) is 0. The molecule has 0 aliphatic heterocycles. The van der Waals surface area contributed by atoms with Gasteiger partial charge in [0.25, 0.3) is 5.91 Å². The highest BCUT2D eigenvalue weighted by Crippen LogP contribution is 2.27. The van der Waals surface area contributed by atoms with Gasteiger partial charge in [0.15, 0.2) is 5.76 Å². The van der Waals surface area contributed by atoms with Crippen LogP contribution in [0.2, 0.25) is 0 Å². The predicted octanol–water partition coefficient (Wildman–Crippen LogP) is 2.54. The summed E-state index contributed by atoms with van der Waals surface area (Å²) in [6, 6.07) is 3.59. The van der Waals surface area contributed by atoms with E-state index in [9.17, 15) is 14.0 Å². The first kappa shape index (κ1) is 14.3. The SMILES string of the molecule is O=C(O)c1ccc(CNC(=O)c2occ3c2CCC3)c(F)c1. The van der Waals surface area contributed by atoms with E-state index in [0.29, 0.717) is 0 Å². The molecule has 0 saturated heterocycles. The molecule has 5 nitrogen and oxygen atoms in total. The lowest BCUT2D eigenvalue weighted by Crippen LogP contribution is -2.23. The van der Waals surface area contributed by atoms with E-state index in [0.717, 1.165) is 36.5 Å². The largest absolute Gasteiger partial charge is 0.478 e. The van der Waals surface area contributed by atoms with Crippen molar-refractivity contribution in [1.82, 2.24) is 5.32 Å². The second-order valence-corrected chi connectivity index (χ2v) is 5.22. The van der Waals surface area contributed by atoms with Crippen molar-refractivity contribution in [2.24, 2.45) is 0 Å². The van der Waals surface area contributed by atoms with Gasteiger partial charge in [-0.1, -0.05) is 6.07 Å². The van der Waals surface area contributed by atoms with E-state index >= 15 is 0 Å². The molecule has 0 bridgehead atoms. The fourth-order valence-corrected chi connectivity index (χ4v) is 2.63. The number of carboxylic acids is 1. The number of hydrogen-bond donors (Lipinski definition) is 2. The summed E-state index contributed by atoms with van der Waals surface area (Å²) in [6.07, 6.45) is 4.33. The normalized spacial score (nSPS) is 13.0. The molecular formula is C16H14FNO4. The molecule has 1 amide bonds. The van der Waals surface area contributed by atoms with Crippen LogP contribution in [0.1, 0.15) is 44.0 Å². The Morgan fingerprint density at radius 2 is 2.14 bits per heavy atom. The first-order valence-electron chi connectivity index (χ1n) is 6.95. The number of amides is 1. The lowest BCUT2D eigenvalue weighted by Gasteiger charge is -2.06. The van der Waals surface area contributed by atoms with Gasteiger partial charge in [-0.15, -0.1) is 0 Å². The first-order valence-corrected chi connectivity index (χ1v) is 6.95. The van der Waals surface area contributed by atoms with Crippen LogP contribution in [0.3, 0.4) is 0 Å². The van der Waals surface area contributed by atoms with Crippen LogP contribution in [-0.2, 0) is 19.4 Å². The highest BCUT2D eigenvalue weighted by atomic mass is 19.1. The highest BCUT2D eigenvalue weighted by Gasteiger charge is 2.23. The third kappa shape index (κ3) is 2.59. The molecule has 0 saturated carbocycles. The number of benzene rings is 1. The number of aromatic carboxylic acids is 1. The maximum atomic E-state index is 13.8. The topological polar surface area (TPSA) is 79.5 Å². The number of carboxylic acid groups (broad SMARTS) is 1. The van der Waals surface area contributed by atoms with Crippen molar-refractivity contribution in [1.29, 1.82) is 0 Å². The van der Waals surface area contributed by atoms with Crippen LogP contribution in [0.4, 0.5) is 4.39 Å². The van der Waals surface area contributed by atoms with Gasteiger partial charge >= 0.3 is 5.97 Å². The molecule has 6 heteroatoms. The molecule has 1 heterocycles. The summed E-state index contributed by atoms with van der Waals surface area (Å²) >= 11 is 0. The van der Waals surface area contributed by atoms with E-state index in [4.69, 9.17) is 9.52 Å². The van der Waals surface area contributed by atoms with Gasteiger partial charge in [0.05, 0.1) is 11.8 Å². The second kappa shape index (κ2) is 5.63. The molecule has 0 fully saturated rings. The van der Waals surface area contributed by atoms with E-state index in [1.165, 1.54) is 12.1 Å². The van der Waals surface area contributed by atoms with Gasteiger partial charge in [-0.3, -0.25) is 4.79 Å². The Morgan fingerprint density at radius 1 is 1.32 bits per heavy atom. The van der Waals surface area contributed by atoms with Crippen molar-refractivity contribution < 1.29 is 23.5 Å². The minimum absolute atomic E-state index is 0.0277. The Morgan fingerprint density at radius 3 is 2.86 bits per heavy atom. The minimum atomic E-state index is -1.19. The zero-order valence-electron chi connectivity index (χ0n) is 11.7. The van der Waals surface area contributed by atoms with Crippen LogP contribution in [-0.4, -0.2) is 17.0 Å². The van der Waals surface area contributed by atoms with Crippen molar-refractivity contribution in [3.63, 3.8) is 0 Å². The molecule has 1 aliphatic rings. The van der Waals surface area contributed by atoms with Crippen molar-refractivity contribution in [3.05, 3.63) is 58.3 Å². The van der Waals surface area contributed by atoms with Crippen molar-refractivity contribution in [3.8, 4) is 0 Å². The second-order valence-electron chi connectivity index (χ2n) is 5.22. The van der Waals surface area contributed by atoms with E-state index < -0.39 is 11.8 Å². The monoisotopic (exact) mass is 303 g/mol. The predicted molar refractivity (Wildman–Crippen MR) is 75.3 cm³/mol. The zero-order valence-corrected chi connectivity index (χ0v) is 11.7. The first-order chi connectivity index (χ1) is 10.6. The smallest absolute Gasteiger partial charge is 0.335 e. The summed E-state index contributed by atoms with van der Waals surface area (Å²) in [6.45, 7) is -0.0277. The van der Waals surface area contributed by atoms with Gasteiger partial charge < -0.3 is 14.8 Å². The maximum Gasteiger partial charge on any atom is 0.335 e. The van der Waals surface area contributed by atoms with Crippen LogP contribution in [0.25, 0.3) is 0 Å². The van der Waals surface area contributed by atoms with Gasteiger partial charge in [0.2, 0.25) is 0 Å². The molecule has 0 atom stereocenters. The van der Waals surface area contributed by atoms with Crippen LogP contribution >= 0.6 is 0 Å². The van der Waals surface area contributed by atoms with Crippen LogP contribution in [0.15, 0.2) is 28.9 Å². The quantitative estimate of drug-likeness (QED) is 0.909. The van der Waals surface area contributed by atoms with Gasteiger partial charge in [-0.25, -0.2) is 9.18 Å². The fourth-order valence-electron chi connectivity index (χ4n) is 2.63. The number of rotatable bonds is 4. The molecule has 22 heavy (non-hydrogen) atoms. The number of hydrogen-bond acceptors (Lipinski definition) is 3. The number of fused-ring (bicyclic) bond motifs is 1. The Balaban J connectivity index is 1.70. The summed E-state index contributed by atoms with van der Waals surface area (Å²) in [4.78, 5) is 22.8. The summed E-state index contributed by atoms with van der Waals surface area (Å²) in [5.74, 6) is -1.95. The molecule has 1 aromatic carbocycles. The van der Waals surface area contributed by atoms with Gasteiger partial charge in [-0.05, 0) is 37.0 Å². The molecular weight excluding hydrogens is 289 g/mol. The Bertz CT molecular complexity index is 751. The molecule has 2 aromatic rings. The lowest BCUT2D eigenvalue weighted by molar-refractivity contribution is 0.0696. The molecule has 2 N–H and O–H groups in total. The molecule has 0 radical (unpaired) electrons. The van der Waals surface area contributed by atoms with Gasteiger partial charge in [0.1, 0.15) is 5.82 Å². The minimum Gasteiger partial charge on any atom is -0.478 e. The van der Waals surface area contributed by atoms with Crippen molar-refractivity contribution in [2.45, 2.75) is 25.8 Å². The van der Waals surface area contributed by atoms with Crippen LogP contribution in [0, 0.1) is 5.82 Å². The third-order valence-electron chi connectivity index (χ3n) is 3.80. The van der Waals surface area contributed by atoms with Gasteiger partial charge in [-0.2, -0.15) is 0 Å². The molecule has 3 rings (SSSR count). The van der Waals surface area contributed by atoms with Crippen LogP contribution in [0.5, 0.6) is 0 Å². The Labute approximate surface area is 125 Å². The van der Waals surface area contributed by atoms with Crippen LogP contribution < -0.4 is 5.32 Å². The highest BCUT2D eigenvalue weighted by molar-refractivity contribution is 5.93. The molecule has 0 spiro atoms. The Hall–Kier alpha value is -2.63. The van der Waals surface area contributed by atoms with Crippen molar-refractivity contribution in [2.75, 3.05) is 0 Å². The summed E-state index contributed by atoms with van der Waals surface area (Å²) in [5, 5.41) is 11.4. The third-order valence-corrected chi connectivity index (χ3v) is 3.80. The molecule has 0 unspecified atom stereocenters. The standard InChI is InChI=1S/C16H14FNO4/c17-13-6-9(16(20)21)4-5-10(13)7-18-15(19)14-12-3-1-2-11(12)8-22-14/h4-6,8H,1-3,7H2,(H,18,19)(H,20,21). The Kier molecular flexibility index (Phi) is 3.66. The van der Waals surface area contributed by atoms with Crippen molar-refractivity contribution >= 4 is 11.9 Å². The average Bonchev–Trinajstić information content (AvgIpc) is 3.08.